The molecule has 3 heterocycles. The first-order valence-corrected chi connectivity index (χ1v) is 8.28. The van der Waals surface area contributed by atoms with E-state index in [0.29, 0.717) is 30.4 Å². The molecular formula is C19H17N5O2. The molecule has 7 nitrogen and oxygen atoms in total. The second-order valence-electron chi connectivity index (χ2n) is 5.84. The van der Waals surface area contributed by atoms with Gasteiger partial charge in [0.2, 0.25) is 5.78 Å². The number of benzene rings is 1. The van der Waals surface area contributed by atoms with E-state index in [9.17, 15) is 4.79 Å². The number of rotatable bonds is 5. The van der Waals surface area contributed by atoms with Crippen molar-refractivity contribution < 1.29 is 9.53 Å². The molecule has 26 heavy (non-hydrogen) atoms. The van der Waals surface area contributed by atoms with Crippen LogP contribution in [0.5, 0.6) is 5.75 Å². The van der Waals surface area contributed by atoms with Crippen LogP contribution in [0.2, 0.25) is 0 Å². The van der Waals surface area contributed by atoms with E-state index in [1.165, 1.54) is 0 Å². The van der Waals surface area contributed by atoms with Crippen molar-refractivity contribution in [3.63, 3.8) is 0 Å². The molecule has 1 amide bonds. The predicted molar refractivity (Wildman–Crippen MR) is 97.3 cm³/mol. The lowest BCUT2D eigenvalue weighted by molar-refractivity contribution is 0.0942. The Morgan fingerprint density at radius 1 is 1.19 bits per heavy atom. The number of imidazole rings is 1. The molecule has 1 N–H and O–H groups in total. The highest BCUT2D eigenvalue weighted by Crippen LogP contribution is 2.23. The maximum absolute atomic E-state index is 12.2. The van der Waals surface area contributed by atoms with Crippen LogP contribution in [-0.2, 0) is 0 Å². The molecule has 130 valence electrons. The molecule has 3 aromatic heterocycles. The van der Waals surface area contributed by atoms with E-state index in [1.54, 1.807) is 29.1 Å². The summed E-state index contributed by atoms with van der Waals surface area (Å²) in [7, 11) is 0. The molecule has 7 heteroatoms. The second-order valence-corrected chi connectivity index (χ2v) is 5.84. The Labute approximate surface area is 149 Å². The van der Waals surface area contributed by atoms with Gasteiger partial charge in [-0.3, -0.25) is 9.20 Å². The van der Waals surface area contributed by atoms with Crippen molar-refractivity contribution in [3.05, 3.63) is 66.4 Å². The number of carbonyl (C=O) groups is 1. The average Bonchev–Trinajstić information content (AvgIpc) is 3.09. The Morgan fingerprint density at radius 3 is 3.00 bits per heavy atom. The minimum atomic E-state index is -0.258. The third-order valence-corrected chi connectivity index (χ3v) is 3.94. The Hall–Kier alpha value is -3.48. The summed E-state index contributed by atoms with van der Waals surface area (Å²) in [5.74, 6) is 0.939. The van der Waals surface area contributed by atoms with E-state index in [0.717, 1.165) is 16.6 Å². The summed E-state index contributed by atoms with van der Waals surface area (Å²) in [6, 6.07) is 11.6. The average molecular weight is 347 g/mol. The van der Waals surface area contributed by atoms with Gasteiger partial charge in [-0.05, 0) is 25.1 Å². The van der Waals surface area contributed by atoms with Gasteiger partial charge in [0.05, 0.1) is 6.54 Å². The van der Waals surface area contributed by atoms with E-state index in [2.05, 4.69) is 20.3 Å². The Kier molecular flexibility index (Phi) is 4.18. The van der Waals surface area contributed by atoms with Gasteiger partial charge in [-0.15, -0.1) is 0 Å². The van der Waals surface area contributed by atoms with Crippen molar-refractivity contribution in [2.24, 2.45) is 0 Å². The number of ether oxygens (including phenoxy) is 1. The third-order valence-electron chi connectivity index (χ3n) is 3.94. The van der Waals surface area contributed by atoms with Crippen LogP contribution in [0.25, 0.3) is 16.7 Å². The first kappa shape index (κ1) is 16.0. The summed E-state index contributed by atoms with van der Waals surface area (Å²) in [6.45, 7) is 2.65. The lowest BCUT2D eigenvalue weighted by atomic mass is 10.2. The fourth-order valence-corrected chi connectivity index (χ4v) is 2.69. The number of pyridine rings is 1. The molecule has 0 unspecified atom stereocenters. The third kappa shape index (κ3) is 3.19. The zero-order valence-corrected chi connectivity index (χ0v) is 14.2. The van der Waals surface area contributed by atoms with Gasteiger partial charge in [0, 0.05) is 29.7 Å². The first-order valence-electron chi connectivity index (χ1n) is 8.28. The zero-order chi connectivity index (χ0) is 17.9. The molecule has 0 atom stereocenters. The summed E-state index contributed by atoms with van der Waals surface area (Å²) >= 11 is 0. The molecule has 0 aliphatic carbocycles. The first-order chi connectivity index (χ1) is 12.7. The number of nitrogens with one attached hydrogen (secondary N) is 1. The molecule has 0 aliphatic rings. The summed E-state index contributed by atoms with van der Waals surface area (Å²) in [5.41, 5.74) is 2.08. The lowest BCUT2D eigenvalue weighted by Crippen LogP contribution is -2.28. The van der Waals surface area contributed by atoms with E-state index < -0.39 is 0 Å². The topological polar surface area (TPSA) is 81.4 Å². The molecule has 0 fully saturated rings. The van der Waals surface area contributed by atoms with Crippen LogP contribution in [0.4, 0.5) is 0 Å². The number of carbonyl (C=O) groups excluding carboxylic acids is 1. The second kappa shape index (κ2) is 6.79. The van der Waals surface area contributed by atoms with E-state index in [-0.39, 0.29) is 5.91 Å². The summed E-state index contributed by atoms with van der Waals surface area (Å²) in [5, 5.41) is 3.82. The highest BCUT2D eigenvalue weighted by molar-refractivity contribution is 5.92. The largest absolute Gasteiger partial charge is 0.489 e. The van der Waals surface area contributed by atoms with Crippen molar-refractivity contribution in [2.75, 3.05) is 13.2 Å². The molecule has 0 radical (unpaired) electrons. The highest BCUT2D eigenvalue weighted by atomic mass is 16.5. The van der Waals surface area contributed by atoms with Gasteiger partial charge in [0.1, 0.15) is 23.6 Å². The van der Waals surface area contributed by atoms with Crippen molar-refractivity contribution in [1.29, 1.82) is 0 Å². The van der Waals surface area contributed by atoms with Crippen LogP contribution >= 0.6 is 0 Å². The Bertz CT molecular complexity index is 1060. The fourth-order valence-electron chi connectivity index (χ4n) is 2.69. The van der Waals surface area contributed by atoms with E-state index in [1.807, 2.05) is 37.3 Å². The molecule has 4 aromatic rings. The monoisotopic (exact) mass is 347 g/mol. The molecule has 0 saturated heterocycles. The quantitative estimate of drug-likeness (QED) is 0.561. The summed E-state index contributed by atoms with van der Waals surface area (Å²) in [4.78, 5) is 25.0. The number of nitrogens with zero attached hydrogens (tertiary/aromatic N) is 4. The van der Waals surface area contributed by atoms with Crippen LogP contribution in [0.15, 0.2) is 55.0 Å². The van der Waals surface area contributed by atoms with E-state index >= 15 is 0 Å². The maximum atomic E-state index is 12.2. The molecule has 0 spiro atoms. The van der Waals surface area contributed by atoms with Crippen LogP contribution < -0.4 is 10.1 Å². The number of para-hydroxylation sites is 1. The molecule has 0 saturated carbocycles. The van der Waals surface area contributed by atoms with E-state index in [4.69, 9.17) is 4.74 Å². The van der Waals surface area contributed by atoms with Gasteiger partial charge in [-0.25, -0.2) is 15.0 Å². The molecule has 1 aromatic carbocycles. The minimum absolute atomic E-state index is 0.258. The van der Waals surface area contributed by atoms with Crippen molar-refractivity contribution >= 4 is 22.6 Å². The molecule has 0 aliphatic heterocycles. The van der Waals surface area contributed by atoms with Crippen LogP contribution in [0.3, 0.4) is 0 Å². The normalized spacial score (nSPS) is 11.0. The van der Waals surface area contributed by atoms with Crippen molar-refractivity contribution in [2.45, 2.75) is 6.92 Å². The van der Waals surface area contributed by atoms with Crippen molar-refractivity contribution in [1.82, 2.24) is 24.7 Å². The van der Waals surface area contributed by atoms with Crippen LogP contribution in [0.1, 0.15) is 16.2 Å². The Balaban J connectivity index is 1.38. The van der Waals surface area contributed by atoms with Gasteiger partial charge in [-0.1, -0.05) is 18.2 Å². The van der Waals surface area contributed by atoms with Gasteiger partial charge >= 0.3 is 0 Å². The fraction of sp³-hybridized carbons (Fsp3) is 0.158. The summed E-state index contributed by atoms with van der Waals surface area (Å²) < 4.78 is 7.51. The van der Waals surface area contributed by atoms with Crippen LogP contribution in [-0.4, -0.2) is 38.4 Å². The molecular weight excluding hydrogens is 330 g/mol. The number of aryl methyl sites for hydroxylation is 1. The van der Waals surface area contributed by atoms with Gasteiger partial charge in [-0.2, -0.15) is 0 Å². The maximum Gasteiger partial charge on any atom is 0.271 e. The highest BCUT2D eigenvalue weighted by Gasteiger charge is 2.11. The number of amides is 1. The van der Waals surface area contributed by atoms with Crippen molar-refractivity contribution in [3.8, 4) is 5.75 Å². The molecule has 4 rings (SSSR count). The number of hydrogen-bond acceptors (Lipinski definition) is 5. The van der Waals surface area contributed by atoms with Gasteiger partial charge in [0.25, 0.3) is 5.91 Å². The van der Waals surface area contributed by atoms with Gasteiger partial charge < -0.3 is 10.1 Å². The predicted octanol–water partition coefficient (Wildman–Crippen LogP) is 2.39. The SMILES string of the molecule is Cc1ccc2cccc(OCCNC(=O)c3cn4cccnc4n3)c2n1. The Morgan fingerprint density at radius 2 is 2.12 bits per heavy atom. The standard InChI is InChI=1S/C19H17N5O2/c1-13-6-7-14-4-2-5-16(17(14)22-13)26-11-9-20-18(25)15-12-24-10-3-8-21-19(24)23-15/h2-8,10,12H,9,11H2,1H3,(H,20,25). The number of hydrogen-bond donors (Lipinski definition) is 1. The zero-order valence-electron chi connectivity index (χ0n) is 14.2. The lowest BCUT2D eigenvalue weighted by Gasteiger charge is -2.09. The summed E-state index contributed by atoms with van der Waals surface area (Å²) in [6.07, 6.45) is 5.08. The number of fused-ring (bicyclic) bond motifs is 2. The van der Waals surface area contributed by atoms with Gasteiger partial charge in [0.15, 0.2) is 0 Å². The van der Waals surface area contributed by atoms with Crippen LogP contribution in [0, 0.1) is 6.92 Å². The smallest absolute Gasteiger partial charge is 0.271 e. The molecule has 0 bridgehead atoms. The number of aromatic nitrogens is 4. The minimum Gasteiger partial charge on any atom is -0.489 e.